The molecular formula is C16H20N2O10S4. The lowest BCUT2D eigenvalue weighted by Crippen LogP contribution is -2.12. The van der Waals surface area contributed by atoms with Crippen LogP contribution in [0.3, 0.4) is 0 Å². The lowest BCUT2D eigenvalue weighted by atomic mass is 10.0. The fourth-order valence-corrected chi connectivity index (χ4v) is 5.49. The zero-order valence-electron chi connectivity index (χ0n) is 16.7. The number of anilines is 2. The molecule has 0 aliphatic rings. The van der Waals surface area contributed by atoms with Crippen molar-refractivity contribution in [1.82, 2.24) is 0 Å². The summed E-state index contributed by atoms with van der Waals surface area (Å²) in [4.78, 5) is -1.18. The predicted octanol–water partition coefficient (Wildman–Crippen LogP) is 0.708. The second-order valence-corrected chi connectivity index (χ2v) is 13.1. The minimum atomic E-state index is -4.76. The highest BCUT2D eigenvalue weighted by atomic mass is 32.2. The number of nitrogens with one attached hydrogen (secondary N) is 2. The highest BCUT2D eigenvalue weighted by Crippen LogP contribution is 2.26. The van der Waals surface area contributed by atoms with Crippen LogP contribution in [0.15, 0.2) is 46.2 Å². The molecule has 32 heavy (non-hydrogen) atoms. The average Bonchev–Trinajstić information content (AvgIpc) is 2.57. The maximum Gasteiger partial charge on any atom is 0.294 e. The molecule has 0 bridgehead atoms. The van der Waals surface area contributed by atoms with E-state index < -0.39 is 50.1 Å². The van der Waals surface area contributed by atoms with Gasteiger partial charge >= 0.3 is 0 Å². The van der Waals surface area contributed by atoms with Crippen LogP contribution in [-0.2, 0) is 53.1 Å². The first-order valence-corrected chi connectivity index (χ1v) is 15.2. The molecule has 0 aromatic heterocycles. The first-order chi connectivity index (χ1) is 14.4. The Morgan fingerprint density at radius 3 is 1.19 bits per heavy atom. The summed E-state index contributed by atoms with van der Waals surface area (Å²) in [6, 6.07) is 6.82. The van der Waals surface area contributed by atoms with Crippen LogP contribution in [-0.4, -0.2) is 55.3 Å². The molecule has 178 valence electrons. The van der Waals surface area contributed by atoms with Crippen molar-refractivity contribution in [1.29, 1.82) is 0 Å². The van der Waals surface area contributed by atoms with Crippen LogP contribution in [0.25, 0.3) is 0 Å². The Balaban J connectivity index is 2.45. The summed E-state index contributed by atoms with van der Waals surface area (Å²) in [7, 11) is -17.0. The maximum atomic E-state index is 11.8. The molecule has 0 aliphatic carbocycles. The van der Waals surface area contributed by atoms with E-state index in [4.69, 9.17) is 0 Å². The van der Waals surface area contributed by atoms with Gasteiger partial charge in [0.15, 0.2) is 0 Å². The average molecular weight is 529 g/mol. The zero-order chi connectivity index (χ0) is 24.5. The van der Waals surface area contributed by atoms with Gasteiger partial charge in [-0.1, -0.05) is 12.1 Å². The molecule has 0 fully saturated rings. The van der Waals surface area contributed by atoms with E-state index in [1.54, 1.807) is 0 Å². The first-order valence-electron chi connectivity index (χ1n) is 8.51. The minimum Gasteiger partial charge on any atom is -0.284 e. The van der Waals surface area contributed by atoms with E-state index in [-0.39, 0.29) is 35.3 Å². The standard InChI is InChI=1S/C16H20N2O10S4/c1-29(19,20)17-13-7-5-11(15(9-13)31(23,24)25)3-4-12-6-8-14(18-30(2,21)22)10-16(12)32(26,27)28/h5-10,17-18H,3-4H2,1-2H3,(H,23,24,25)(H,26,27,28). The van der Waals surface area contributed by atoms with Crippen LogP contribution in [0.2, 0.25) is 0 Å². The Labute approximate surface area is 186 Å². The van der Waals surface area contributed by atoms with Crippen molar-refractivity contribution < 1.29 is 42.8 Å². The molecule has 4 N–H and O–H groups in total. The van der Waals surface area contributed by atoms with Gasteiger partial charge in [0.05, 0.1) is 22.3 Å². The van der Waals surface area contributed by atoms with Crippen molar-refractivity contribution in [3.63, 3.8) is 0 Å². The van der Waals surface area contributed by atoms with Crippen LogP contribution in [0.1, 0.15) is 11.1 Å². The summed E-state index contributed by atoms with van der Waals surface area (Å²) in [6.07, 6.45) is 1.45. The van der Waals surface area contributed by atoms with Crippen molar-refractivity contribution in [2.24, 2.45) is 0 Å². The maximum absolute atomic E-state index is 11.8. The van der Waals surface area contributed by atoms with E-state index in [9.17, 15) is 42.8 Å². The van der Waals surface area contributed by atoms with Gasteiger partial charge in [-0.05, 0) is 48.2 Å². The predicted molar refractivity (Wildman–Crippen MR) is 117 cm³/mol. The fourth-order valence-electron chi connectivity index (χ4n) is 2.83. The van der Waals surface area contributed by atoms with Gasteiger partial charge in [0, 0.05) is 11.4 Å². The molecular weight excluding hydrogens is 508 g/mol. The highest BCUT2D eigenvalue weighted by Gasteiger charge is 2.20. The highest BCUT2D eigenvalue weighted by molar-refractivity contribution is 7.92. The van der Waals surface area contributed by atoms with E-state index in [0.29, 0.717) is 0 Å². The Bertz CT molecular complexity index is 1350. The van der Waals surface area contributed by atoms with Crippen molar-refractivity contribution in [3.05, 3.63) is 47.5 Å². The third-order valence-electron chi connectivity index (χ3n) is 3.96. The molecule has 0 saturated carbocycles. The zero-order valence-corrected chi connectivity index (χ0v) is 19.9. The quantitative estimate of drug-likeness (QED) is 0.336. The molecule has 2 aromatic carbocycles. The fraction of sp³-hybridized carbons (Fsp3) is 0.250. The van der Waals surface area contributed by atoms with Gasteiger partial charge in [0.2, 0.25) is 20.0 Å². The second-order valence-electron chi connectivity index (χ2n) is 6.84. The van der Waals surface area contributed by atoms with Gasteiger partial charge < -0.3 is 0 Å². The second kappa shape index (κ2) is 8.95. The SMILES string of the molecule is CS(=O)(=O)Nc1ccc(CCc2ccc(NS(C)(=O)=O)cc2S(=O)(=O)O)c(S(=O)(=O)O)c1. The third kappa shape index (κ3) is 7.72. The van der Waals surface area contributed by atoms with E-state index in [0.717, 1.165) is 24.6 Å². The Kier molecular flexibility index (Phi) is 7.28. The molecule has 0 heterocycles. The third-order valence-corrected chi connectivity index (χ3v) is 7.04. The molecule has 0 atom stereocenters. The van der Waals surface area contributed by atoms with Gasteiger partial charge in [-0.2, -0.15) is 16.8 Å². The normalized spacial score (nSPS) is 13.0. The Hall–Kier alpha value is -2.24. The molecule has 0 aliphatic heterocycles. The lowest BCUT2D eigenvalue weighted by Gasteiger charge is -2.13. The molecule has 2 rings (SSSR count). The number of rotatable bonds is 9. The first kappa shape index (κ1) is 26.0. The summed E-state index contributed by atoms with van der Waals surface area (Å²) in [5, 5.41) is 0. The summed E-state index contributed by atoms with van der Waals surface area (Å²) in [5.74, 6) is 0. The molecule has 2 aromatic rings. The molecule has 0 amide bonds. The van der Waals surface area contributed by atoms with Crippen LogP contribution >= 0.6 is 0 Å². The van der Waals surface area contributed by atoms with E-state index in [1.165, 1.54) is 24.3 Å². The number of hydrogen-bond acceptors (Lipinski definition) is 8. The van der Waals surface area contributed by atoms with Gasteiger partial charge in [-0.3, -0.25) is 18.5 Å². The summed E-state index contributed by atoms with van der Waals surface area (Å²) in [5.41, 5.74) is -0.130. The number of sulfonamides is 2. The minimum absolute atomic E-state index is 0.0474. The molecule has 0 saturated heterocycles. The largest absolute Gasteiger partial charge is 0.294 e. The van der Waals surface area contributed by atoms with E-state index in [2.05, 4.69) is 9.44 Å². The smallest absolute Gasteiger partial charge is 0.284 e. The van der Waals surface area contributed by atoms with Gasteiger partial charge in [-0.25, -0.2) is 16.8 Å². The molecule has 12 nitrogen and oxygen atoms in total. The van der Waals surface area contributed by atoms with E-state index >= 15 is 0 Å². The summed E-state index contributed by atoms with van der Waals surface area (Å²) < 4.78 is 116. The summed E-state index contributed by atoms with van der Waals surface area (Å²) in [6.45, 7) is 0. The van der Waals surface area contributed by atoms with Crippen molar-refractivity contribution in [2.75, 3.05) is 22.0 Å². The molecule has 0 unspecified atom stereocenters. The topological polar surface area (TPSA) is 201 Å². The van der Waals surface area contributed by atoms with Gasteiger partial charge in [0.1, 0.15) is 0 Å². The van der Waals surface area contributed by atoms with Gasteiger partial charge in [-0.15, -0.1) is 0 Å². The van der Waals surface area contributed by atoms with Crippen molar-refractivity contribution in [3.8, 4) is 0 Å². The van der Waals surface area contributed by atoms with Crippen LogP contribution < -0.4 is 9.44 Å². The Morgan fingerprint density at radius 2 is 0.938 bits per heavy atom. The number of aryl methyl sites for hydroxylation is 2. The van der Waals surface area contributed by atoms with Crippen molar-refractivity contribution >= 4 is 51.7 Å². The van der Waals surface area contributed by atoms with Gasteiger partial charge in [0.25, 0.3) is 20.2 Å². The lowest BCUT2D eigenvalue weighted by molar-refractivity contribution is 0.479. The van der Waals surface area contributed by atoms with Crippen LogP contribution in [0.4, 0.5) is 11.4 Å². The number of benzene rings is 2. The molecule has 0 radical (unpaired) electrons. The summed E-state index contributed by atoms with van der Waals surface area (Å²) >= 11 is 0. The number of hydrogen-bond donors (Lipinski definition) is 4. The van der Waals surface area contributed by atoms with E-state index in [1.807, 2.05) is 0 Å². The molecule has 0 spiro atoms. The van der Waals surface area contributed by atoms with Crippen LogP contribution in [0, 0.1) is 0 Å². The van der Waals surface area contributed by atoms with Crippen molar-refractivity contribution in [2.45, 2.75) is 22.6 Å². The monoisotopic (exact) mass is 528 g/mol. The van der Waals surface area contributed by atoms with Crippen LogP contribution in [0.5, 0.6) is 0 Å². The molecule has 16 heteroatoms. The Morgan fingerprint density at radius 1 is 0.625 bits per heavy atom.